The topological polar surface area (TPSA) is 93.1 Å². The molecular weight excluding hydrogens is 402 g/mol. The summed E-state index contributed by atoms with van der Waals surface area (Å²) in [6.45, 7) is 4.73. The van der Waals surface area contributed by atoms with E-state index in [1.807, 2.05) is 13.8 Å². The number of ether oxygens (including phenoxy) is 2. The average Bonchev–Trinajstić information content (AvgIpc) is 2.66. The summed E-state index contributed by atoms with van der Waals surface area (Å²) in [5.41, 5.74) is 0.928. The first-order valence-corrected chi connectivity index (χ1v) is 8.40. The maximum Gasteiger partial charge on any atom is 0.338 e. The van der Waals surface area contributed by atoms with Crippen LogP contribution in [0.3, 0.4) is 0 Å². The average molecular weight is 426 g/mol. The van der Waals surface area contributed by atoms with Crippen LogP contribution in [0.25, 0.3) is 0 Å². The third-order valence-electron chi connectivity index (χ3n) is 3.08. The molecule has 27 heavy (non-hydrogen) atoms. The van der Waals surface area contributed by atoms with Crippen LogP contribution in [0.2, 0.25) is 0 Å². The second-order valence-corrected chi connectivity index (χ2v) is 5.37. The van der Waals surface area contributed by atoms with Crippen molar-refractivity contribution < 1.29 is 48.8 Å². The summed E-state index contributed by atoms with van der Waals surface area (Å²) in [5, 5.41) is 17.9. The van der Waals surface area contributed by atoms with Gasteiger partial charge in [-0.25, -0.2) is 9.59 Å². The van der Waals surface area contributed by atoms with E-state index in [0.717, 1.165) is 12.8 Å². The summed E-state index contributed by atoms with van der Waals surface area (Å²) < 4.78 is 9.79. The zero-order chi connectivity index (χ0) is 19.4. The fourth-order valence-electron chi connectivity index (χ4n) is 1.75. The van der Waals surface area contributed by atoms with Gasteiger partial charge in [-0.2, -0.15) is 0 Å². The Morgan fingerprint density at radius 2 is 1.00 bits per heavy atom. The van der Waals surface area contributed by atoms with E-state index in [1.54, 1.807) is 0 Å². The van der Waals surface area contributed by atoms with Crippen LogP contribution in [0, 0.1) is 0 Å². The van der Waals surface area contributed by atoms with Crippen molar-refractivity contribution in [3.63, 3.8) is 0 Å². The van der Waals surface area contributed by atoms with Gasteiger partial charge in [0.25, 0.3) is 0 Å². The number of carbonyl (C=O) groups excluding carboxylic acids is 2. The summed E-state index contributed by atoms with van der Waals surface area (Å²) in [6, 6.07) is 12.0. The van der Waals surface area contributed by atoms with Crippen molar-refractivity contribution in [2.24, 2.45) is 0 Å². The van der Waals surface area contributed by atoms with E-state index >= 15 is 0 Å². The molecule has 0 saturated carbocycles. The third-order valence-corrected chi connectivity index (χ3v) is 3.08. The number of carbonyl (C=O) groups is 2. The van der Waals surface area contributed by atoms with Gasteiger partial charge in [0, 0.05) is 19.5 Å². The summed E-state index contributed by atoms with van der Waals surface area (Å²) in [6.07, 6.45) is 1.62. The quantitative estimate of drug-likeness (QED) is 0.538. The van der Waals surface area contributed by atoms with E-state index in [0.29, 0.717) is 24.3 Å². The fourth-order valence-corrected chi connectivity index (χ4v) is 1.75. The Morgan fingerprint density at radius 3 is 1.26 bits per heavy atom. The van der Waals surface area contributed by atoms with Crippen LogP contribution in [-0.2, 0) is 29.0 Å². The Labute approximate surface area is 171 Å². The molecule has 0 saturated heterocycles. The molecule has 2 aromatic rings. The van der Waals surface area contributed by atoms with E-state index in [4.69, 9.17) is 19.7 Å². The molecule has 0 bridgehead atoms. The summed E-state index contributed by atoms with van der Waals surface area (Å²) in [5.74, 6) is -0.400. The van der Waals surface area contributed by atoms with Gasteiger partial charge in [0.2, 0.25) is 0 Å². The molecular formula is C20H24O6Zn. The van der Waals surface area contributed by atoms with Gasteiger partial charge in [0.1, 0.15) is 11.5 Å². The maximum atomic E-state index is 11.2. The van der Waals surface area contributed by atoms with Crippen molar-refractivity contribution in [2.75, 3.05) is 13.2 Å². The van der Waals surface area contributed by atoms with Gasteiger partial charge < -0.3 is 19.7 Å². The number of esters is 2. The molecule has 2 aromatic carbocycles. The molecule has 0 aliphatic rings. The number of phenols is 2. The van der Waals surface area contributed by atoms with Gasteiger partial charge >= 0.3 is 11.9 Å². The van der Waals surface area contributed by atoms with Gasteiger partial charge in [-0.05, 0) is 61.4 Å². The SMILES string of the molecule is CCCOC(=O)c1ccc(O)cc1.CCCOC(=O)c1ccc(O)cc1.[Zn]. The molecule has 2 N–H and O–H groups in total. The van der Waals surface area contributed by atoms with Crippen LogP contribution in [0.15, 0.2) is 48.5 Å². The number of rotatable bonds is 6. The van der Waals surface area contributed by atoms with Gasteiger partial charge in [0.15, 0.2) is 0 Å². The molecule has 0 radical (unpaired) electrons. The standard InChI is InChI=1S/2C10H12O3.Zn/c2*1-2-7-13-10(12)8-3-5-9(11)6-4-8;/h2*3-6,11H,2,7H2,1H3;. The number of phenolic OH excluding ortho intramolecular Hbond substituents is 2. The third kappa shape index (κ3) is 9.76. The molecule has 0 fully saturated rings. The van der Waals surface area contributed by atoms with Crippen LogP contribution in [0.5, 0.6) is 11.5 Å². The van der Waals surface area contributed by atoms with Crippen molar-refractivity contribution in [3.05, 3.63) is 59.7 Å². The van der Waals surface area contributed by atoms with Gasteiger partial charge in [0.05, 0.1) is 24.3 Å². The largest absolute Gasteiger partial charge is 0.508 e. The number of aromatic hydroxyl groups is 2. The maximum absolute atomic E-state index is 11.2. The molecule has 7 heteroatoms. The van der Waals surface area contributed by atoms with Gasteiger partial charge in [-0.15, -0.1) is 0 Å². The minimum atomic E-state index is -0.346. The van der Waals surface area contributed by atoms with Gasteiger partial charge in [-0.1, -0.05) is 13.8 Å². The van der Waals surface area contributed by atoms with Crippen LogP contribution in [-0.4, -0.2) is 35.4 Å². The zero-order valence-electron chi connectivity index (χ0n) is 15.7. The van der Waals surface area contributed by atoms with Crippen LogP contribution < -0.4 is 0 Å². The molecule has 0 atom stereocenters. The molecule has 0 amide bonds. The van der Waals surface area contributed by atoms with Crippen LogP contribution in [0.4, 0.5) is 0 Å². The van der Waals surface area contributed by atoms with Crippen molar-refractivity contribution in [1.82, 2.24) is 0 Å². The first-order valence-electron chi connectivity index (χ1n) is 8.40. The first-order chi connectivity index (χ1) is 12.5. The first kappa shape index (κ1) is 24.6. The van der Waals surface area contributed by atoms with E-state index in [1.165, 1.54) is 48.5 Å². The summed E-state index contributed by atoms with van der Waals surface area (Å²) in [4.78, 5) is 22.4. The molecule has 0 aliphatic heterocycles. The van der Waals surface area contributed by atoms with Crippen molar-refractivity contribution >= 4 is 11.9 Å². The summed E-state index contributed by atoms with van der Waals surface area (Å²) in [7, 11) is 0. The number of benzene rings is 2. The van der Waals surface area contributed by atoms with Crippen LogP contribution >= 0.6 is 0 Å². The van der Waals surface area contributed by atoms with E-state index in [2.05, 4.69) is 0 Å². The predicted molar refractivity (Wildman–Crippen MR) is 97.4 cm³/mol. The zero-order valence-corrected chi connectivity index (χ0v) is 18.6. The Morgan fingerprint density at radius 1 is 0.704 bits per heavy atom. The predicted octanol–water partition coefficient (Wildman–Crippen LogP) is 3.92. The molecule has 0 unspecified atom stereocenters. The van der Waals surface area contributed by atoms with Gasteiger partial charge in [-0.3, -0.25) is 0 Å². The fraction of sp³-hybridized carbons (Fsp3) is 0.300. The molecule has 0 aliphatic carbocycles. The van der Waals surface area contributed by atoms with E-state index < -0.39 is 0 Å². The molecule has 2 rings (SSSR count). The Kier molecular flexibility index (Phi) is 12.5. The van der Waals surface area contributed by atoms with Crippen molar-refractivity contribution in [3.8, 4) is 11.5 Å². The second kappa shape index (κ2) is 13.8. The van der Waals surface area contributed by atoms with E-state index in [-0.39, 0.29) is 42.9 Å². The molecule has 0 spiro atoms. The van der Waals surface area contributed by atoms with Crippen LogP contribution in [0.1, 0.15) is 47.4 Å². The molecule has 0 aromatic heterocycles. The van der Waals surface area contributed by atoms with Crippen molar-refractivity contribution in [2.45, 2.75) is 26.7 Å². The smallest absolute Gasteiger partial charge is 0.338 e. The number of hydrogen-bond acceptors (Lipinski definition) is 6. The summed E-state index contributed by atoms with van der Waals surface area (Å²) >= 11 is 0. The minimum absolute atomic E-state index is 0. The molecule has 6 nitrogen and oxygen atoms in total. The Hall–Kier alpha value is -2.40. The Balaban J connectivity index is 0.000000483. The molecule has 142 valence electrons. The minimum Gasteiger partial charge on any atom is -0.508 e. The Bertz CT molecular complexity index is 621. The van der Waals surface area contributed by atoms with Crippen molar-refractivity contribution in [1.29, 1.82) is 0 Å². The normalized spacial score (nSPS) is 9.26. The monoisotopic (exact) mass is 424 g/mol. The number of hydrogen-bond donors (Lipinski definition) is 2. The molecule has 0 heterocycles. The second-order valence-electron chi connectivity index (χ2n) is 5.37. The van der Waals surface area contributed by atoms with E-state index in [9.17, 15) is 9.59 Å².